The molecule has 0 aromatic heterocycles. The number of hydrogen-bond donors (Lipinski definition) is 1. The fraction of sp³-hybridized carbons (Fsp3) is 0.381. The molecule has 156 valence electrons. The Morgan fingerprint density at radius 3 is 2.48 bits per heavy atom. The number of rotatable bonds is 5. The average molecular weight is 436 g/mol. The van der Waals surface area contributed by atoms with E-state index in [1.807, 2.05) is 36.1 Å². The molecular formula is C21H26ClN3O3S. The number of sulfonamides is 1. The molecule has 1 aliphatic heterocycles. The minimum absolute atomic E-state index is 0.0742. The first-order valence-electron chi connectivity index (χ1n) is 9.56. The van der Waals surface area contributed by atoms with Crippen LogP contribution >= 0.6 is 11.6 Å². The van der Waals surface area contributed by atoms with Crippen LogP contribution in [-0.2, 0) is 16.6 Å². The largest absolute Gasteiger partial charge is 0.337 e. The number of hydrogen-bond acceptors (Lipinski definition) is 4. The number of anilines is 1. The second-order valence-electron chi connectivity index (χ2n) is 7.45. The number of halogens is 1. The Morgan fingerprint density at radius 2 is 1.79 bits per heavy atom. The van der Waals surface area contributed by atoms with E-state index in [-0.39, 0.29) is 5.91 Å². The maximum atomic E-state index is 13.0. The van der Waals surface area contributed by atoms with E-state index >= 15 is 0 Å². The summed E-state index contributed by atoms with van der Waals surface area (Å²) in [6.45, 7) is 5.65. The number of aryl methyl sites for hydroxylation is 1. The van der Waals surface area contributed by atoms with Gasteiger partial charge < -0.3 is 4.90 Å². The molecule has 0 spiro atoms. The van der Waals surface area contributed by atoms with E-state index in [2.05, 4.69) is 9.62 Å². The molecule has 1 aliphatic rings. The first-order chi connectivity index (χ1) is 13.7. The second-order valence-corrected chi connectivity index (χ2v) is 9.64. The van der Waals surface area contributed by atoms with Gasteiger partial charge in [-0.3, -0.25) is 14.4 Å². The van der Waals surface area contributed by atoms with Crippen molar-refractivity contribution in [3.05, 3.63) is 64.2 Å². The lowest BCUT2D eigenvalue weighted by Gasteiger charge is -2.22. The van der Waals surface area contributed by atoms with Crippen molar-refractivity contribution in [3.8, 4) is 0 Å². The second kappa shape index (κ2) is 9.15. The van der Waals surface area contributed by atoms with Gasteiger partial charge in [-0.2, -0.15) is 0 Å². The fourth-order valence-electron chi connectivity index (χ4n) is 3.43. The molecule has 0 atom stereocenters. The highest BCUT2D eigenvalue weighted by atomic mass is 35.5. The first kappa shape index (κ1) is 21.6. The highest BCUT2D eigenvalue weighted by molar-refractivity contribution is 7.92. The summed E-state index contributed by atoms with van der Waals surface area (Å²) in [7, 11) is -3.40. The summed E-state index contributed by atoms with van der Waals surface area (Å²) in [4.78, 5) is 17.2. The van der Waals surface area contributed by atoms with Gasteiger partial charge in [-0.05, 0) is 48.7 Å². The number of carbonyl (C=O) groups excluding carboxylic acids is 1. The SMILES string of the molecule is Cc1ccc(C(=O)N2CCCN(Cc3ccc(Cl)cc3)CC2)cc1NS(C)(=O)=O. The summed E-state index contributed by atoms with van der Waals surface area (Å²) in [5, 5.41) is 0.726. The third-order valence-corrected chi connectivity index (χ3v) is 5.82. The van der Waals surface area contributed by atoms with E-state index < -0.39 is 10.0 Å². The summed E-state index contributed by atoms with van der Waals surface area (Å²) < 4.78 is 25.6. The Hall–Kier alpha value is -2.09. The lowest BCUT2D eigenvalue weighted by molar-refractivity contribution is 0.0761. The molecule has 0 unspecified atom stereocenters. The van der Waals surface area contributed by atoms with Gasteiger partial charge in [0.1, 0.15) is 0 Å². The Labute approximate surface area is 177 Å². The number of carbonyl (C=O) groups is 1. The van der Waals surface area contributed by atoms with Gasteiger partial charge >= 0.3 is 0 Å². The van der Waals surface area contributed by atoms with E-state index in [4.69, 9.17) is 11.6 Å². The van der Waals surface area contributed by atoms with Crippen molar-refractivity contribution in [2.45, 2.75) is 19.9 Å². The minimum atomic E-state index is -3.40. The van der Waals surface area contributed by atoms with Crippen molar-refractivity contribution in [2.24, 2.45) is 0 Å². The van der Waals surface area contributed by atoms with Gasteiger partial charge in [0.15, 0.2) is 0 Å². The van der Waals surface area contributed by atoms with Crippen LogP contribution in [0.15, 0.2) is 42.5 Å². The average Bonchev–Trinajstić information content (AvgIpc) is 2.89. The minimum Gasteiger partial charge on any atom is -0.337 e. The molecule has 0 bridgehead atoms. The Balaban J connectivity index is 1.66. The van der Waals surface area contributed by atoms with Gasteiger partial charge in [0, 0.05) is 43.3 Å². The number of nitrogens with zero attached hydrogens (tertiary/aromatic N) is 2. The van der Waals surface area contributed by atoms with Crippen molar-refractivity contribution in [3.63, 3.8) is 0 Å². The van der Waals surface area contributed by atoms with Gasteiger partial charge in [-0.1, -0.05) is 29.8 Å². The van der Waals surface area contributed by atoms with E-state index in [1.54, 1.807) is 18.2 Å². The molecule has 1 fully saturated rings. The van der Waals surface area contributed by atoms with Gasteiger partial charge in [0.2, 0.25) is 10.0 Å². The summed E-state index contributed by atoms with van der Waals surface area (Å²) in [5.41, 5.74) is 2.91. The summed E-state index contributed by atoms with van der Waals surface area (Å²) in [6, 6.07) is 13.0. The van der Waals surface area contributed by atoms with Crippen LogP contribution in [0.5, 0.6) is 0 Å². The topological polar surface area (TPSA) is 69.7 Å². The van der Waals surface area contributed by atoms with E-state index in [9.17, 15) is 13.2 Å². The lowest BCUT2D eigenvalue weighted by Crippen LogP contribution is -2.35. The maximum Gasteiger partial charge on any atom is 0.253 e. The van der Waals surface area contributed by atoms with Crippen molar-refractivity contribution < 1.29 is 13.2 Å². The quantitative estimate of drug-likeness (QED) is 0.781. The summed E-state index contributed by atoms with van der Waals surface area (Å²) >= 11 is 5.95. The number of nitrogens with one attached hydrogen (secondary N) is 1. The van der Waals surface area contributed by atoms with Gasteiger partial charge in [0.25, 0.3) is 5.91 Å². The lowest BCUT2D eigenvalue weighted by atomic mass is 10.1. The highest BCUT2D eigenvalue weighted by Gasteiger charge is 2.21. The fourth-order valence-corrected chi connectivity index (χ4v) is 4.17. The smallest absolute Gasteiger partial charge is 0.253 e. The third kappa shape index (κ3) is 6.19. The van der Waals surface area contributed by atoms with Crippen LogP contribution in [0.1, 0.15) is 27.9 Å². The van der Waals surface area contributed by atoms with Crippen LogP contribution < -0.4 is 4.72 Å². The van der Waals surface area contributed by atoms with Gasteiger partial charge in [0.05, 0.1) is 11.9 Å². The van der Waals surface area contributed by atoms with Crippen LogP contribution in [0, 0.1) is 6.92 Å². The van der Waals surface area contributed by atoms with Crippen molar-refractivity contribution >= 4 is 33.2 Å². The number of amides is 1. The number of benzene rings is 2. The predicted octanol–water partition coefficient (Wildman–Crippen LogP) is 3.37. The molecule has 2 aromatic carbocycles. The van der Waals surface area contributed by atoms with Crippen LogP contribution in [0.2, 0.25) is 5.02 Å². The summed E-state index contributed by atoms with van der Waals surface area (Å²) in [5.74, 6) is -0.0742. The molecule has 29 heavy (non-hydrogen) atoms. The van der Waals surface area contributed by atoms with E-state index in [1.165, 1.54) is 5.56 Å². The molecule has 1 saturated heterocycles. The molecule has 1 heterocycles. The van der Waals surface area contributed by atoms with Crippen molar-refractivity contribution in [1.82, 2.24) is 9.80 Å². The Kier molecular flexibility index (Phi) is 6.82. The third-order valence-electron chi connectivity index (χ3n) is 4.98. The van der Waals surface area contributed by atoms with Gasteiger partial charge in [-0.25, -0.2) is 8.42 Å². The molecule has 0 saturated carbocycles. The monoisotopic (exact) mass is 435 g/mol. The van der Waals surface area contributed by atoms with Crippen LogP contribution in [0.25, 0.3) is 0 Å². The first-order valence-corrected chi connectivity index (χ1v) is 11.8. The van der Waals surface area contributed by atoms with E-state index in [0.717, 1.165) is 42.9 Å². The molecule has 0 radical (unpaired) electrons. The Morgan fingerprint density at radius 1 is 1.07 bits per heavy atom. The molecule has 8 heteroatoms. The molecule has 2 aromatic rings. The molecule has 1 N–H and O–H groups in total. The highest BCUT2D eigenvalue weighted by Crippen LogP contribution is 2.20. The predicted molar refractivity (Wildman–Crippen MR) is 117 cm³/mol. The molecule has 3 rings (SSSR count). The zero-order valence-electron chi connectivity index (χ0n) is 16.7. The van der Waals surface area contributed by atoms with Crippen LogP contribution in [0.3, 0.4) is 0 Å². The van der Waals surface area contributed by atoms with E-state index in [0.29, 0.717) is 24.3 Å². The zero-order chi connectivity index (χ0) is 21.0. The van der Waals surface area contributed by atoms with Crippen molar-refractivity contribution in [1.29, 1.82) is 0 Å². The maximum absolute atomic E-state index is 13.0. The van der Waals surface area contributed by atoms with Crippen LogP contribution in [0.4, 0.5) is 5.69 Å². The molecule has 0 aliphatic carbocycles. The standard InChI is InChI=1S/C21H26ClN3O3S/c1-16-4-7-18(14-20(16)23-29(2,27)28)21(26)25-11-3-10-24(12-13-25)15-17-5-8-19(22)9-6-17/h4-9,14,23H,3,10-13,15H2,1-2H3. The van der Waals surface area contributed by atoms with Crippen LogP contribution in [-0.4, -0.2) is 56.6 Å². The zero-order valence-corrected chi connectivity index (χ0v) is 18.3. The van der Waals surface area contributed by atoms with Gasteiger partial charge in [-0.15, -0.1) is 0 Å². The van der Waals surface area contributed by atoms with Crippen molar-refractivity contribution in [2.75, 3.05) is 37.2 Å². The normalized spacial score (nSPS) is 15.8. The molecule has 1 amide bonds. The molecular weight excluding hydrogens is 410 g/mol. The Bertz CT molecular complexity index is 977. The molecule has 6 nitrogen and oxygen atoms in total. The summed E-state index contributed by atoms with van der Waals surface area (Å²) in [6.07, 6.45) is 1.99.